The molecule has 3 atom stereocenters. The zero-order chi connectivity index (χ0) is 13.1. The summed E-state index contributed by atoms with van der Waals surface area (Å²) in [5.41, 5.74) is 1.89. The molecule has 2 nitrogen and oxygen atoms in total. The molecule has 2 heteroatoms. The Kier molecular flexibility index (Phi) is 3.90. The minimum absolute atomic E-state index is 0.387. The molecule has 1 aromatic carbocycles. The molecule has 1 saturated carbocycles. The summed E-state index contributed by atoms with van der Waals surface area (Å²) in [6, 6.07) is 11.7. The molecule has 2 aliphatic rings. The molecule has 0 spiro atoms. The van der Waals surface area contributed by atoms with Gasteiger partial charge in [-0.2, -0.15) is 0 Å². The fraction of sp³-hybridized carbons (Fsp3) is 0.647. The SMILES string of the molecule is CCCC1(CNC2CC2c2ccccc2)CCCN1. The predicted octanol–water partition coefficient (Wildman–Crippen LogP) is 3.05. The average molecular weight is 258 g/mol. The van der Waals surface area contributed by atoms with Crippen LogP contribution < -0.4 is 10.6 Å². The summed E-state index contributed by atoms with van der Waals surface area (Å²) in [6.45, 7) is 4.65. The third-order valence-electron chi connectivity index (χ3n) is 4.78. The lowest BCUT2D eigenvalue weighted by molar-refractivity contribution is 0.323. The second-order valence-corrected chi connectivity index (χ2v) is 6.30. The van der Waals surface area contributed by atoms with Gasteiger partial charge in [0.15, 0.2) is 0 Å². The Morgan fingerprint density at radius 2 is 2.16 bits per heavy atom. The van der Waals surface area contributed by atoms with Crippen molar-refractivity contribution in [3.05, 3.63) is 35.9 Å². The maximum atomic E-state index is 3.81. The Morgan fingerprint density at radius 3 is 2.84 bits per heavy atom. The summed E-state index contributed by atoms with van der Waals surface area (Å²) in [5, 5.41) is 7.56. The topological polar surface area (TPSA) is 24.1 Å². The minimum Gasteiger partial charge on any atom is -0.312 e. The van der Waals surface area contributed by atoms with Crippen molar-refractivity contribution in [1.29, 1.82) is 0 Å². The molecular weight excluding hydrogens is 232 g/mol. The van der Waals surface area contributed by atoms with E-state index in [4.69, 9.17) is 0 Å². The van der Waals surface area contributed by atoms with Crippen LogP contribution in [0.15, 0.2) is 30.3 Å². The molecule has 1 aliphatic carbocycles. The van der Waals surface area contributed by atoms with E-state index in [0.29, 0.717) is 11.6 Å². The molecule has 19 heavy (non-hydrogen) atoms. The number of nitrogens with one attached hydrogen (secondary N) is 2. The van der Waals surface area contributed by atoms with Crippen LogP contribution in [0.3, 0.4) is 0 Å². The molecule has 2 N–H and O–H groups in total. The van der Waals surface area contributed by atoms with Crippen molar-refractivity contribution in [2.24, 2.45) is 0 Å². The van der Waals surface area contributed by atoms with Crippen molar-refractivity contribution >= 4 is 0 Å². The van der Waals surface area contributed by atoms with E-state index < -0.39 is 0 Å². The highest BCUT2D eigenvalue weighted by Gasteiger charge is 2.40. The van der Waals surface area contributed by atoms with E-state index in [-0.39, 0.29) is 0 Å². The first-order chi connectivity index (χ1) is 9.33. The van der Waals surface area contributed by atoms with Crippen LogP contribution in [0.2, 0.25) is 0 Å². The van der Waals surface area contributed by atoms with Gasteiger partial charge in [-0.15, -0.1) is 0 Å². The van der Waals surface area contributed by atoms with Gasteiger partial charge in [-0.3, -0.25) is 0 Å². The molecule has 0 aromatic heterocycles. The van der Waals surface area contributed by atoms with Gasteiger partial charge >= 0.3 is 0 Å². The standard InChI is InChI=1S/C17H26N2/c1-2-9-17(10-6-11-19-17)13-18-16-12-15(16)14-7-4-3-5-8-14/h3-5,7-8,15-16,18-19H,2,6,9-13H2,1H3. The van der Waals surface area contributed by atoms with Crippen LogP contribution in [0.1, 0.15) is 50.5 Å². The summed E-state index contributed by atoms with van der Waals surface area (Å²) < 4.78 is 0. The van der Waals surface area contributed by atoms with Gasteiger partial charge < -0.3 is 10.6 Å². The van der Waals surface area contributed by atoms with Crippen LogP contribution in [-0.4, -0.2) is 24.7 Å². The molecule has 0 radical (unpaired) electrons. The fourth-order valence-electron chi connectivity index (χ4n) is 3.62. The van der Waals surface area contributed by atoms with Crippen LogP contribution in [0, 0.1) is 0 Å². The monoisotopic (exact) mass is 258 g/mol. The third kappa shape index (κ3) is 3.01. The van der Waals surface area contributed by atoms with Crippen molar-refractivity contribution in [2.45, 2.75) is 56.5 Å². The van der Waals surface area contributed by atoms with E-state index in [1.165, 1.54) is 44.2 Å². The summed E-state index contributed by atoms with van der Waals surface area (Å²) in [5.74, 6) is 0.751. The number of rotatable bonds is 6. The lowest BCUT2D eigenvalue weighted by Crippen LogP contribution is -2.49. The number of hydrogen-bond donors (Lipinski definition) is 2. The van der Waals surface area contributed by atoms with Gasteiger partial charge in [0, 0.05) is 24.0 Å². The molecule has 3 unspecified atom stereocenters. The van der Waals surface area contributed by atoms with Crippen LogP contribution >= 0.6 is 0 Å². The first-order valence-corrected chi connectivity index (χ1v) is 7.86. The first kappa shape index (κ1) is 13.1. The van der Waals surface area contributed by atoms with E-state index >= 15 is 0 Å². The first-order valence-electron chi connectivity index (χ1n) is 7.86. The summed E-state index contributed by atoms with van der Waals surface area (Å²) in [7, 11) is 0. The third-order valence-corrected chi connectivity index (χ3v) is 4.78. The average Bonchev–Trinajstić information content (AvgIpc) is 3.10. The Labute approximate surface area is 117 Å². The molecule has 1 heterocycles. The molecular formula is C17H26N2. The van der Waals surface area contributed by atoms with Gasteiger partial charge in [0.25, 0.3) is 0 Å². The highest BCUT2D eigenvalue weighted by atomic mass is 15.1. The normalized spacial score (nSPS) is 33.5. The Morgan fingerprint density at radius 1 is 1.32 bits per heavy atom. The Bertz CT molecular complexity index is 395. The van der Waals surface area contributed by atoms with Gasteiger partial charge in [0.05, 0.1) is 0 Å². The predicted molar refractivity (Wildman–Crippen MR) is 80.5 cm³/mol. The molecule has 1 aliphatic heterocycles. The highest BCUT2D eigenvalue weighted by Crippen LogP contribution is 2.41. The maximum Gasteiger partial charge on any atom is 0.0306 e. The van der Waals surface area contributed by atoms with Crippen molar-refractivity contribution < 1.29 is 0 Å². The van der Waals surface area contributed by atoms with Gasteiger partial charge in [-0.25, -0.2) is 0 Å². The van der Waals surface area contributed by atoms with Crippen molar-refractivity contribution in [3.63, 3.8) is 0 Å². The van der Waals surface area contributed by atoms with Crippen LogP contribution in [0.25, 0.3) is 0 Å². The van der Waals surface area contributed by atoms with E-state index in [2.05, 4.69) is 47.9 Å². The van der Waals surface area contributed by atoms with E-state index in [9.17, 15) is 0 Å². The van der Waals surface area contributed by atoms with Crippen LogP contribution in [-0.2, 0) is 0 Å². The maximum absolute atomic E-state index is 3.81. The summed E-state index contributed by atoms with van der Waals surface area (Å²) >= 11 is 0. The van der Waals surface area contributed by atoms with Gasteiger partial charge in [-0.1, -0.05) is 43.7 Å². The van der Waals surface area contributed by atoms with E-state index in [1.54, 1.807) is 0 Å². The number of hydrogen-bond acceptors (Lipinski definition) is 2. The Hall–Kier alpha value is -0.860. The summed E-state index contributed by atoms with van der Waals surface area (Å²) in [4.78, 5) is 0. The van der Waals surface area contributed by atoms with Gasteiger partial charge in [0.2, 0.25) is 0 Å². The lowest BCUT2D eigenvalue weighted by atomic mass is 9.92. The van der Waals surface area contributed by atoms with Crippen LogP contribution in [0.4, 0.5) is 0 Å². The molecule has 1 saturated heterocycles. The molecule has 104 valence electrons. The van der Waals surface area contributed by atoms with Gasteiger partial charge in [-0.05, 0) is 37.8 Å². The molecule has 2 fully saturated rings. The largest absolute Gasteiger partial charge is 0.312 e. The molecule has 0 amide bonds. The van der Waals surface area contributed by atoms with Gasteiger partial charge in [0.1, 0.15) is 0 Å². The summed E-state index contributed by atoms with van der Waals surface area (Å²) in [6.07, 6.45) is 6.58. The van der Waals surface area contributed by atoms with E-state index in [1.807, 2.05) is 0 Å². The van der Waals surface area contributed by atoms with E-state index in [0.717, 1.165) is 12.5 Å². The molecule has 0 bridgehead atoms. The molecule has 1 aromatic rings. The zero-order valence-electron chi connectivity index (χ0n) is 12.0. The second-order valence-electron chi connectivity index (χ2n) is 6.30. The fourth-order valence-corrected chi connectivity index (χ4v) is 3.62. The smallest absolute Gasteiger partial charge is 0.0306 e. The quantitative estimate of drug-likeness (QED) is 0.819. The second kappa shape index (κ2) is 5.64. The van der Waals surface area contributed by atoms with Crippen molar-refractivity contribution in [2.75, 3.05) is 13.1 Å². The molecule has 3 rings (SSSR count). The van der Waals surface area contributed by atoms with Crippen molar-refractivity contribution in [1.82, 2.24) is 10.6 Å². The lowest BCUT2D eigenvalue weighted by Gasteiger charge is -2.30. The van der Waals surface area contributed by atoms with Crippen molar-refractivity contribution in [3.8, 4) is 0 Å². The Balaban J connectivity index is 1.51. The zero-order valence-corrected chi connectivity index (χ0v) is 12.0. The highest BCUT2D eigenvalue weighted by molar-refractivity contribution is 5.27. The van der Waals surface area contributed by atoms with Crippen LogP contribution in [0.5, 0.6) is 0 Å². The minimum atomic E-state index is 0.387. The number of benzene rings is 1.